The summed E-state index contributed by atoms with van der Waals surface area (Å²) in [6.07, 6.45) is 0. The molecule has 0 N–H and O–H groups in total. The minimum atomic E-state index is -2.64. The van der Waals surface area contributed by atoms with Gasteiger partial charge in [-0.05, 0) is 0 Å². The zero-order valence-electron chi connectivity index (χ0n) is 6.12. The molecule has 0 bridgehead atoms. The Hall–Kier alpha value is 0.234. The molecular weight excluding hydrogens is 172 g/mol. The van der Waals surface area contributed by atoms with Crippen molar-refractivity contribution in [3.63, 3.8) is 0 Å². The Morgan fingerprint density at radius 2 is 1.60 bits per heavy atom. The van der Waals surface area contributed by atoms with Crippen LogP contribution in [0.2, 0.25) is 0 Å². The average Bonchev–Trinajstić information content (AvgIpc) is 1.89. The van der Waals surface area contributed by atoms with E-state index in [9.17, 15) is 0 Å². The molecule has 0 aromatic rings. The minimum Gasteiger partial charge on any atom is -0.380 e. The Balaban J connectivity index is 2.31. The van der Waals surface area contributed by atoms with E-state index in [4.69, 9.17) is 21.5 Å². The molecular formula is C3H10O5Si2. The summed E-state index contributed by atoms with van der Waals surface area (Å²) in [5.41, 5.74) is 0. The predicted octanol–water partition coefficient (Wildman–Crippen LogP) is -0.875. The van der Waals surface area contributed by atoms with Crippen LogP contribution in [0.15, 0.2) is 0 Å². The van der Waals surface area contributed by atoms with Crippen LogP contribution in [0.25, 0.3) is 0 Å². The third kappa shape index (κ3) is 1.30. The Morgan fingerprint density at radius 3 is 1.90 bits per heavy atom. The fourth-order valence-corrected chi connectivity index (χ4v) is 5.05. The summed E-state index contributed by atoms with van der Waals surface area (Å²) >= 11 is 0. The van der Waals surface area contributed by atoms with Crippen molar-refractivity contribution in [1.29, 1.82) is 0 Å². The lowest BCUT2D eigenvalue weighted by Gasteiger charge is -2.37. The van der Waals surface area contributed by atoms with E-state index in [1.165, 1.54) is 14.2 Å². The SMILES string of the molecule is CO[SiH]1O[Si](OC)(OC)O1. The van der Waals surface area contributed by atoms with Gasteiger partial charge in [0, 0.05) is 21.3 Å². The summed E-state index contributed by atoms with van der Waals surface area (Å²) in [4.78, 5) is 0. The molecule has 1 aliphatic rings. The molecule has 7 heteroatoms. The summed E-state index contributed by atoms with van der Waals surface area (Å²) in [5, 5.41) is 0. The van der Waals surface area contributed by atoms with Crippen molar-refractivity contribution >= 4 is 18.6 Å². The topological polar surface area (TPSA) is 46.2 Å². The highest BCUT2D eigenvalue weighted by Crippen LogP contribution is 2.22. The molecule has 60 valence electrons. The molecule has 1 rings (SSSR count). The smallest absolute Gasteiger partial charge is 0.380 e. The van der Waals surface area contributed by atoms with Crippen LogP contribution in [0.4, 0.5) is 0 Å². The van der Waals surface area contributed by atoms with Crippen molar-refractivity contribution in [3.05, 3.63) is 0 Å². The van der Waals surface area contributed by atoms with Gasteiger partial charge in [-0.1, -0.05) is 0 Å². The van der Waals surface area contributed by atoms with Crippen LogP contribution >= 0.6 is 0 Å². The summed E-state index contributed by atoms with van der Waals surface area (Å²) < 4.78 is 24.9. The van der Waals surface area contributed by atoms with Crippen LogP contribution < -0.4 is 0 Å². The molecule has 5 nitrogen and oxygen atoms in total. The van der Waals surface area contributed by atoms with E-state index in [0.717, 1.165) is 0 Å². The third-order valence-corrected chi connectivity index (χ3v) is 6.41. The lowest BCUT2D eigenvalue weighted by atomic mass is 11.8. The first kappa shape index (κ1) is 8.33. The normalized spacial score (nSPS) is 24.3. The second kappa shape index (κ2) is 3.09. The Morgan fingerprint density at radius 1 is 1.10 bits per heavy atom. The van der Waals surface area contributed by atoms with Gasteiger partial charge in [0.2, 0.25) is 0 Å². The van der Waals surface area contributed by atoms with E-state index in [1.54, 1.807) is 7.11 Å². The molecule has 1 fully saturated rings. The summed E-state index contributed by atoms with van der Waals surface area (Å²) in [6, 6.07) is 0. The van der Waals surface area contributed by atoms with Gasteiger partial charge >= 0.3 is 18.6 Å². The van der Waals surface area contributed by atoms with Gasteiger partial charge in [0.05, 0.1) is 0 Å². The number of hydrogen-bond donors (Lipinski definition) is 0. The minimum absolute atomic E-state index is 1.50. The first-order valence-electron chi connectivity index (χ1n) is 2.75. The highest BCUT2D eigenvalue weighted by Gasteiger charge is 2.58. The van der Waals surface area contributed by atoms with E-state index in [0.29, 0.717) is 0 Å². The molecule has 0 unspecified atom stereocenters. The molecule has 0 saturated carbocycles. The fourth-order valence-electron chi connectivity index (χ4n) is 0.617. The van der Waals surface area contributed by atoms with E-state index in [-0.39, 0.29) is 0 Å². The quantitative estimate of drug-likeness (QED) is 0.531. The molecule has 10 heavy (non-hydrogen) atoms. The van der Waals surface area contributed by atoms with Crippen molar-refractivity contribution in [1.82, 2.24) is 0 Å². The summed E-state index contributed by atoms with van der Waals surface area (Å²) in [5.74, 6) is 0. The number of hydrogen-bond acceptors (Lipinski definition) is 5. The molecule has 1 heterocycles. The van der Waals surface area contributed by atoms with Gasteiger partial charge in [-0.25, -0.2) is 0 Å². The lowest BCUT2D eigenvalue weighted by Crippen LogP contribution is -2.65. The first-order valence-corrected chi connectivity index (χ1v) is 5.80. The molecule has 0 radical (unpaired) electrons. The van der Waals surface area contributed by atoms with Crippen molar-refractivity contribution in [3.8, 4) is 0 Å². The Bertz CT molecular complexity index is 107. The van der Waals surface area contributed by atoms with Gasteiger partial charge < -0.3 is 21.5 Å². The molecule has 1 aliphatic heterocycles. The van der Waals surface area contributed by atoms with Gasteiger partial charge in [0.1, 0.15) is 0 Å². The molecule has 1 saturated heterocycles. The standard InChI is InChI=1S/C3H10O5Si2/c1-4-9-7-10(5-2,6-3)8-9/h9H,1-3H3. The fraction of sp³-hybridized carbons (Fsp3) is 1.00. The van der Waals surface area contributed by atoms with E-state index >= 15 is 0 Å². The maximum atomic E-state index is 5.16. The lowest BCUT2D eigenvalue weighted by molar-refractivity contribution is -0.0156. The van der Waals surface area contributed by atoms with E-state index < -0.39 is 18.6 Å². The van der Waals surface area contributed by atoms with E-state index in [2.05, 4.69) is 0 Å². The predicted molar refractivity (Wildman–Crippen MR) is 36.1 cm³/mol. The van der Waals surface area contributed by atoms with Crippen molar-refractivity contribution in [2.24, 2.45) is 0 Å². The summed E-state index contributed by atoms with van der Waals surface area (Å²) in [6.45, 7) is 0. The monoisotopic (exact) mass is 182 g/mol. The molecule has 0 aromatic carbocycles. The summed E-state index contributed by atoms with van der Waals surface area (Å²) in [7, 11) is 0.0677. The van der Waals surface area contributed by atoms with Crippen LogP contribution in [0, 0.1) is 0 Å². The van der Waals surface area contributed by atoms with Crippen LogP contribution in [0.3, 0.4) is 0 Å². The van der Waals surface area contributed by atoms with Gasteiger partial charge in [0.15, 0.2) is 0 Å². The van der Waals surface area contributed by atoms with Gasteiger partial charge in [-0.3, -0.25) is 0 Å². The zero-order valence-corrected chi connectivity index (χ0v) is 8.27. The van der Waals surface area contributed by atoms with Crippen molar-refractivity contribution in [2.45, 2.75) is 0 Å². The largest absolute Gasteiger partial charge is 0.663 e. The average molecular weight is 182 g/mol. The van der Waals surface area contributed by atoms with Crippen molar-refractivity contribution < 1.29 is 21.5 Å². The van der Waals surface area contributed by atoms with Crippen molar-refractivity contribution in [2.75, 3.05) is 21.3 Å². The molecule has 0 aliphatic carbocycles. The number of rotatable bonds is 3. The van der Waals surface area contributed by atoms with Crippen LogP contribution in [0.1, 0.15) is 0 Å². The third-order valence-electron chi connectivity index (χ3n) is 1.17. The Labute approximate surface area is 62.3 Å². The van der Waals surface area contributed by atoms with Gasteiger partial charge in [0.25, 0.3) is 0 Å². The van der Waals surface area contributed by atoms with E-state index in [1.807, 2.05) is 0 Å². The maximum Gasteiger partial charge on any atom is 0.663 e. The maximum absolute atomic E-state index is 5.16. The van der Waals surface area contributed by atoms with Crippen LogP contribution in [-0.2, 0) is 21.5 Å². The first-order chi connectivity index (χ1) is 4.76. The van der Waals surface area contributed by atoms with Crippen LogP contribution in [0.5, 0.6) is 0 Å². The zero-order chi connectivity index (χ0) is 7.61. The highest BCUT2D eigenvalue weighted by atomic mass is 28.5. The Kier molecular flexibility index (Phi) is 2.57. The highest BCUT2D eigenvalue weighted by molar-refractivity contribution is 6.75. The molecule has 0 amide bonds. The molecule has 0 atom stereocenters. The van der Waals surface area contributed by atoms with Gasteiger partial charge in [-0.2, -0.15) is 0 Å². The van der Waals surface area contributed by atoms with Crippen LogP contribution in [-0.4, -0.2) is 39.9 Å². The second-order valence-corrected chi connectivity index (χ2v) is 6.42. The van der Waals surface area contributed by atoms with Gasteiger partial charge in [-0.15, -0.1) is 0 Å². The molecule has 0 spiro atoms. The second-order valence-electron chi connectivity index (χ2n) is 1.67. The molecule has 0 aromatic heterocycles.